The van der Waals surface area contributed by atoms with Crippen LogP contribution in [-0.4, -0.2) is 23.4 Å². The number of anilines is 1. The van der Waals surface area contributed by atoms with Crippen molar-refractivity contribution in [3.05, 3.63) is 89.3 Å². The molecule has 2 aromatic carbocycles. The van der Waals surface area contributed by atoms with E-state index in [4.69, 9.17) is 4.42 Å². The zero-order valence-electron chi connectivity index (χ0n) is 16.2. The van der Waals surface area contributed by atoms with Crippen molar-refractivity contribution in [2.75, 3.05) is 12.4 Å². The number of hydrogen-bond acceptors (Lipinski definition) is 3. The van der Waals surface area contributed by atoms with E-state index >= 15 is 0 Å². The van der Waals surface area contributed by atoms with Gasteiger partial charge in [-0.05, 0) is 30.7 Å². The highest BCUT2D eigenvalue weighted by Crippen LogP contribution is 2.24. The fourth-order valence-corrected chi connectivity index (χ4v) is 3.29. The lowest BCUT2D eigenvalue weighted by Gasteiger charge is -2.11. The fourth-order valence-electron chi connectivity index (χ4n) is 3.29. The Kier molecular flexibility index (Phi) is 4.91. The van der Waals surface area contributed by atoms with Crippen LogP contribution in [0, 0.1) is 6.92 Å². The van der Waals surface area contributed by atoms with Crippen molar-refractivity contribution in [2.24, 2.45) is 0 Å². The molecule has 0 aliphatic heterocycles. The van der Waals surface area contributed by atoms with E-state index < -0.39 is 0 Å². The Morgan fingerprint density at radius 2 is 1.79 bits per heavy atom. The molecule has 0 unspecified atom stereocenters. The van der Waals surface area contributed by atoms with Crippen molar-refractivity contribution in [1.82, 2.24) is 9.88 Å². The largest absolute Gasteiger partial charge is 0.463 e. The molecule has 146 valence electrons. The summed E-state index contributed by atoms with van der Waals surface area (Å²) in [4.78, 5) is 24.9. The van der Waals surface area contributed by atoms with Gasteiger partial charge in [-0.1, -0.05) is 35.9 Å². The lowest BCUT2D eigenvalue weighted by molar-refractivity contribution is 0.0961. The number of aromatic nitrogens is 1. The average molecular weight is 387 g/mol. The molecule has 6 nitrogen and oxygen atoms in total. The van der Waals surface area contributed by atoms with Crippen LogP contribution in [0.25, 0.3) is 11.1 Å². The summed E-state index contributed by atoms with van der Waals surface area (Å²) in [6.45, 7) is 2.59. The van der Waals surface area contributed by atoms with Crippen LogP contribution in [0.1, 0.15) is 32.0 Å². The number of carbonyl (C=O) groups excluding carboxylic acids is 2. The molecule has 29 heavy (non-hydrogen) atoms. The summed E-state index contributed by atoms with van der Waals surface area (Å²) in [5.41, 5.74) is 5.31. The summed E-state index contributed by atoms with van der Waals surface area (Å²) in [6.07, 6.45) is 1.62. The van der Waals surface area contributed by atoms with E-state index in [0.717, 1.165) is 11.1 Å². The third-order valence-electron chi connectivity index (χ3n) is 4.83. The Labute approximate surface area is 168 Å². The van der Waals surface area contributed by atoms with Gasteiger partial charge in [0, 0.05) is 37.0 Å². The lowest BCUT2D eigenvalue weighted by Crippen LogP contribution is -2.19. The van der Waals surface area contributed by atoms with Crippen molar-refractivity contribution in [3.63, 3.8) is 0 Å². The van der Waals surface area contributed by atoms with Crippen molar-refractivity contribution >= 4 is 28.6 Å². The molecule has 0 saturated heterocycles. The highest BCUT2D eigenvalue weighted by molar-refractivity contribution is 6.06. The Morgan fingerprint density at radius 1 is 1.00 bits per heavy atom. The second-order valence-electron chi connectivity index (χ2n) is 6.89. The summed E-state index contributed by atoms with van der Waals surface area (Å²) in [5, 5.41) is 5.46. The first-order valence-electron chi connectivity index (χ1n) is 9.31. The number of carbonyl (C=O) groups is 2. The fraction of sp³-hybridized carbons (Fsp3) is 0.130. The number of furan rings is 1. The number of benzene rings is 2. The molecule has 0 aliphatic rings. The van der Waals surface area contributed by atoms with Gasteiger partial charge in [-0.25, -0.2) is 0 Å². The van der Waals surface area contributed by atoms with E-state index in [9.17, 15) is 9.59 Å². The van der Waals surface area contributed by atoms with Crippen LogP contribution in [0.4, 0.5) is 5.69 Å². The van der Waals surface area contributed by atoms with Gasteiger partial charge in [-0.2, -0.15) is 0 Å². The van der Waals surface area contributed by atoms with Gasteiger partial charge in [0.15, 0.2) is 5.58 Å². The van der Waals surface area contributed by atoms with E-state index in [1.54, 1.807) is 43.6 Å². The molecule has 0 bridgehead atoms. The SMILES string of the molecule is CNC(=O)c1cccc(NC(=O)c2cc3occc3n2Cc2ccc(C)cc2)c1. The van der Waals surface area contributed by atoms with Gasteiger partial charge in [0.05, 0.1) is 11.8 Å². The second kappa shape index (κ2) is 7.67. The smallest absolute Gasteiger partial charge is 0.272 e. The van der Waals surface area contributed by atoms with Crippen molar-refractivity contribution in [1.29, 1.82) is 0 Å². The van der Waals surface area contributed by atoms with Crippen molar-refractivity contribution < 1.29 is 14.0 Å². The molecular formula is C23H21N3O3. The molecule has 0 saturated carbocycles. The molecule has 6 heteroatoms. The molecule has 4 aromatic rings. The first-order valence-corrected chi connectivity index (χ1v) is 9.31. The molecule has 0 spiro atoms. The lowest BCUT2D eigenvalue weighted by atomic mass is 10.1. The molecular weight excluding hydrogens is 366 g/mol. The molecule has 0 atom stereocenters. The standard InChI is InChI=1S/C23H21N3O3/c1-15-6-8-16(9-7-15)14-26-19-10-11-29-21(19)13-20(26)23(28)25-18-5-3-4-17(12-18)22(27)24-2/h3-13H,14H2,1-2H3,(H,24,27)(H,25,28). The van der Waals surface area contributed by atoms with Crippen LogP contribution < -0.4 is 10.6 Å². The number of rotatable bonds is 5. The van der Waals surface area contributed by atoms with Crippen LogP contribution in [-0.2, 0) is 6.54 Å². The maximum atomic E-state index is 13.0. The van der Waals surface area contributed by atoms with Gasteiger partial charge in [-0.3, -0.25) is 9.59 Å². The number of fused-ring (bicyclic) bond motifs is 1. The Bertz CT molecular complexity index is 1190. The van der Waals surface area contributed by atoms with Gasteiger partial charge in [0.25, 0.3) is 11.8 Å². The maximum absolute atomic E-state index is 13.0. The molecule has 4 rings (SSSR count). The normalized spacial score (nSPS) is 10.8. The van der Waals surface area contributed by atoms with Gasteiger partial charge >= 0.3 is 0 Å². The minimum Gasteiger partial charge on any atom is -0.463 e. The zero-order chi connectivity index (χ0) is 20.4. The van der Waals surface area contributed by atoms with E-state index in [-0.39, 0.29) is 11.8 Å². The maximum Gasteiger partial charge on any atom is 0.272 e. The van der Waals surface area contributed by atoms with Gasteiger partial charge in [0.1, 0.15) is 5.69 Å². The average Bonchev–Trinajstić information content (AvgIpc) is 3.32. The predicted molar refractivity (Wildman–Crippen MR) is 112 cm³/mol. The summed E-state index contributed by atoms with van der Waals surface area (Å²) in [5.74, 6) is -0.473. The first-order chi connectivity index (χ1) is 14.0. The summed E-state index contributed by atoms with van der Waals surface area (Å²) in [7, 11) is 1.57. The molecule has 0 radical (unpaired) electrons. The molecule has 0 fully saturated rings. The van der Waals surface area contributed by atoms with Gasteiger partial charge in [0.2, 0.25) is 0 Å². The molecule has 2 heterocycles. The van der Waals surface area contributed by atoms with E-state index in [1.807, 2.05) is 17.6 Å². The van der Waals surface area contributed by atoms with Crippen molar-refractivity contribution in [2.45, 2.75) is 13.5 Å². The predicted octanol–water partition coefficient (Wildman–Crippen LogP) is 4.20. The molecule has 2 amide bonds. The van der Waals surface area contributed by atoms with Gasteiger partial charge < -0.3 is 19.6 Å². The first kappa shape index (κ1) is 18.6. The van der Waals surface area contributed by atoms with Crippen LogP contribution in [0.2, 0.25) is 0 Å². The number of nitrogens with zero attached hydrogens (tertiary/aromatic N) is 1. The number of hydrogen-bond donors (Lipinski definition) is 2. The van der Waals surface area contributed by atoms with Crippen LogP contribution in [0.3, 0.4) is 0 Å². The highest BCUT2D eigenvalue weighted by atomic mass is 16.3. The molecule has 2 aromatic heterocycles. The summed E-state index contributed by atoms with van der Waals surface area (Å²) >= 11 is 0. The zero-order valence-corrected chi connectivity index (χ0v) is 16.2. The molecule has 2 N–H and O–H groups in total. The third kappa shape index (κ3) is 3.78. The summed E-state index contributed by atoms with van der Waals surface area (Å²) < 4.78 is 7.44. The van der Waals surface area contributed by atoms with Crippen LogP contribution >= 0.6 is 0 Å². The summed E-state index contributed by atoms with van der Waals surface area (Å²) in [6, 6.07) is 18.6. The minimum atomic E-state index is -0.266. The molecule has 0 aliphatic carbocycles. The number of nitrogens with one attached hydrogen (secondary N) is 2. The van der Waals surface area contributed by atoms with E-state index in [0.29, 0.717) is 29.1 Å². The minimum absolute atomic E-state index is 0.207. The van der Waals surface area contributed by atoms with Gasteiger partial charge in [-0.15, -0.1) is 0 Å². The Morgan fingerprint density at radius 3 is 2.55 bits per heavy atom. The Balaban J connectivity index is 1.65. The monoisotopic (exact) mass is 387 g/mol. The quantitative estimate of drug-likeness (QED) is 0.539. The van der Waals surface area contributed by atoms with E-state index in [2.05, 4.69) is 34.9 Å². The number of amides is 2. The third-order valence-corrected chi connectivity index (χ3v) is 4.83. The highest BCUT2D eigenvalue weighted by Gasteiger charge is 2.18. The van der Waals surface area contributed by atoms with E-state index in [1.165, 1.54) is 5.56 Å². The van der Waals surface area contributed by atoms with Crippen molar-refractivity contribution in [3.8, 4) is 0 Å². The second-order valence-corrected chi connectivity index (χ2v) is 6.89. The number of aryl methyl sites for hydroxylation is 1. The topological polar surface area (TPSA) is 76.3 Å². The Hall–Kier alpha value is -3.80. The van der Waals surface area contributed by atoms with Crippen LogP contribution in [0.15, 0.2) is 71.3 Å². The van der Waals surface area contributed by atoms with Crippen LogP contribution in [0.5, 0.6) is 0 Å².